The van der Waals surface area contributed by atoms with E-state index in [2.05, 4.69) is 12.2 Å². The van der Waals surface area contributed by atoms with E-state index in [0.717, 1.165) is 19.5 Å². The van der Waals surface area contributed by atoms with E-state index < -0.39 is 0 Å². The summed E-state index contributed by atoms with van der Waals surface area (Å²) in [6.07, 6.45) is 2.42. The third kappa shape index (κ3) is 2.19. The van der Waals surface area contributed by atoms with Gasteiger partial charge in [-0.3, -0.25) is 0 Å². The zero-order valence-corrected chi connectivity index (χ0v) is 12.3. The van der Waals surface area contributed by atoms with Gasteiger partial charge in [0.15, 0.2) is 0 Å². The number of halogens is 2. The van der Waals surface area contributed by atoms with Crippen molar-refractivity contribution in [3.05, 3.63) is 28.2 Å². The fraction of sp³-hybridized carbons (Fsp3) is 0.500. The Hall–Kier alpha value is -0.930. The standard InChI is InChI=1S/C14H16Cl2N2O/c1-2-14-6-9(14)7-18(8-14)13(19)17-11-5-3-4-10(15)12(11)16/h3-5,9H,2,6-8H2,1H3,(H,17,19). The zero-order valence-electron chi connectivity index (χ0n) is 10.7. The largest absolute Gasteiger partial charge is 0.324 e. The number of amides is 2. The number of carbonyl (C=O) groups excluding carboxylic acids is 1. The zero-order chi connectivity index (χ0) is 13.6. The van der Waals surface area contributed by atoms with Gasteiger partial charge in [0.25, 0.3) is 0 Å². The molecule has 1 aromatic rings. The number of fused-ring (bicyclic) bond motifs is 1. The van der Waals surface area contributed by atoms with Crippen molar-refractivity contribution < 1.29 is 4.79 Å². The summed E-state index contributed by atoms with van der Waals surface area (Å²) >= 11 is 12.0. The minimum Gasteiger partial charge on any atom is -0.324 e. The van der Waals surface area contributed by atoms with Gasteiger partial charge in [0.1, 0.15) is 0 Å². The van der Waals surface area contributed by atoms with E-state index in [4.69, 9.17) is 23.2 Å². The van der Waals surface area contributed by atoms with Gasteiger partial charge in [-0.15, -0.1) is 0 Å². The normalized spacial score (nSPS) is 28.2. The van der Waals surface area contributed by atoms with Crippen LogP contribution in [0.4, 0.5) is 10.5 Å². The van der Waals surface area contributed by atoms with Gasteiger partial charge in [0, 0.05) is 13.1 Å². The van der Waals surface area contributed by atoms with E-state index in [1.165, 1.54) is 6.42 Å². The molecule has 2 aliphatic rings. The fourth-order valence-corrected chi connectivity index (χ4v) is 3.44. The molecule has 3 rings (SSSR count). The molecule has 1 aromatic carbocycles. The molecule has 2 atom stereocenters. The lowest BCUT2D eigenvalue weighted by molar-refractivity contribution is 0.213. The fourth-order valence-electron chi connectivity index (χ4n) is 3.09. The average Bonchev–Trinajstić information content (AvgIpc) is 2.97. The second kappa shape index (κ2) is 4.57. The highest BCUT2D eigenvalue weighted by Crippen LogP contribution is 2.59. The second-order valence-electron chi connectivity index (χ2n) is 5.53. The first-order valence-electron chi connectivity index (χ1n) is 6.56. The number of hydrogen-bond acceptors (Lipinski definition) is 1. The maximum Gasteiger partial charge on any atom is 0.321 e. The molecule has 0 spiro atoms. The Morgan fingerprint density at radius 2 is 2.32 bits per heavy atom. The predicted molar refractivity (Wildman–Crippen MR) is 77.9 cm³/mol. The maximum absolute atomic E-state index is 12.2. The van der Waals surface area contributed by atoms with E-state index in [0.29, 0.717) is 27.1 Å². The highest BCUT2D eigenvalue weighted by atomic mass is 35.5. The van der Waals surface area contributed by atoms with Crippen LogP contribution in [0.15, 0.2) is 18.2 Å². The molecule has 0 aromatic heterocycles. The van der Waals surface area contributed by atoms with Crippen LogP contribution < -0.4 is 5.32 Å². The van der Waals surface area contributed by atoms with E-state index >= 15 is 0 Å². The van der Waals surface area contributed by atoms with Gasteiger partial charge in [-0.25, -0.2) is 4.79 Å². The molecule has 1 saturated heterocycles. The summed E-state index contributed by atoms with van der Waals surface area (Å²) in [5, 5.41) is 3.69. The van der Waals surface area contributed by atoms with Crippen LogP contribution in [0.3, 0.4) is 0 Å². The highest BCUT2D eigenvalue weighted by Gasteiger charge is 2.59. The SMILES string of the molecule is CCC12CC1CN(C(=O)Nc1cccc(Cl)c1Cl)C2. The Kier molecular flexibility index (Phi) is 3.14. The van der Waals surface area contributed by atoms with E-state index in [-0.39, 0.29) is 6.03 Å². The molecule has 1 aliphatic heterocycles. The van der Waals surface area contributed by atoms with Crippen molar-refractivity contribution in [2.24, 2.45) is 11.3 Å². The summed E-state index contributed by atoms with van der Waals surface area (Å²) in [4.78, 5) is 14.1. The van der Waals surface area contributed by atoms with Crippen LogP contribution >= 0.6 is 23.2 Å². The van der Waals surface area contributed by atoms with Gasteiger partial charge in [-0.05, 0) is 36.3 Å². The number of nitrogens with one attached hydrogen (secondary N) is 1. The molecular formula is C14H16Cl2N2O. The van der Waals surface area contributed by atoms with Crippen molar-refractivity contribution in [2.75, 3.05) is 18.4 Å². The number of piperidine rings is 1. The Bertz CT molecular complexity index is 530. The Morgan fingerprint density at radius 1 is 1.53 bits per heavy atom. The number of anilines is 1. The Balaban J connectivity index is 1.68. The van der Waals surface area contributed by atoms with Gasteiger partial charge in [0.2, 0.25) is 0 Å². The second-order valence-corrected chi connectivity index (χ2v) is 6.31. The first kappa shape index (κ1) is 13.1. The molecule has 19 heavy (non-hydrogen) atoms. The van der Waals surface area contributed by atoms with Gasteiger partial charge < -0.3 is 10.2 Å². The van der Waals surface area contributed by atoms with Gasteiger partial charge in [-0.2, -0.15) is 0 Å². The Morgan fingerprint density at radius 3 is 3.00 bits per heavy atom. The first-order valence-corrected chi connectivity index (χ1v) is 7.31. The summed E-state index contributed by atoms with van der Waals surface area (Å²) in [6.45, 7) is 3.92. The molecule has 5 heteroatoms. The van der Waals surface area contributed by atoms with E-state index in [9.17, 15) is 4.79 Å². The third-order valence-corrected chi connectivity index (χ3v) is 5.31. The topological polar surface area (TPSA) is 32.3 Å². The number of carbonyl (C=O) groups is 1. The summed E-state index contributed by atoms with van der Waals surface area (Å²) in [6, 6.07) is 5.16. The lowest BCUT2D eigenvalue weighted by Crippen LogP contribution is -2.35. The van der Waals surface area contributed by atoms with E-state index in [1.54, 1.807) is 18.2 Å². The minimum absolute atomic E-state index is 0.0795. The van der Waals surface area contributed by atoms with Gasteiger partial charge in [-0.1, -0.05) is 36.2 Å². The van der Waals surface area contributed by atoms with Crippen LogP contribution in [0.5, 0.6) is 0 Å². The molecule has 2 unspecified atom stereocenters. The molecule has 2 fully saturated rings. The minimum atomic E-state index is -0.0795. The van der Waals surface area contributed by atoms with Gasteiger partial charge in [0.05, 0.1) is 15.7 Å². The lowest BCUT2D eigenvalue weighted by Gasteiger charge is -2.21. The first-order chi connectivity index (χ1) is 9.05. The number of likely N-dealkylation sites (tertiary alicyclic amines) is 1. The molecule has 1 heterocycles. The average molecular weight is 299 g/mol. The molecular weight excluding hydrogens is 283 g/mol. The van der Waals surface area contributed by atoms with E-state index in [1.807, 2.05) is 4.90 Å². The number of urea groups is 1. The van der Waals surface area contributed by atoms with Crippen LogP contribution in [0.2, 0.25) is 10.0 Å². The Labute approximate surface area is 122 Å². The molecule has 3 nitrogen and oxygen atoms in total. The van der Waals surface area contributed by atoms with Crippen molar-refractivity contribution >= 4 is 34.9 Å². The predicted octanol–water partition coefficient (Wildman–Crippen LogP) is 4.26. The molecule has 102 valence electrons. The van der Waals surface area contributed by atoms with Crippen LogP contribution in [-0.2, 0) is 0 Å². The van der Waals surface area contributed by atoms with Crippen LogP contribution in [0, 0.1) is 11.3 Å². The molecule has 1 saturated carbocycles. The van der Waals surface area contributed by atoms with Crippen molar-refractivity contribution in [1.29, 1.82) is 0 Å². The molecule has 0 radical (unpaired) electrons. The lowest BCUT2D eigenvalue weighted by atomic mass is 10.0. The maximum atomic E-state index is 12.2. The highest BCUT2D eigenvalue weighted by molar-refractivity contribution is 6.43. The summed E-state index contributed by atoms with van der Waals surface area (Å²) in [7, 11) is 0. The smallest absolute Gasteiger partial charge is 0.321 e. The van der Waals surface area contributed by atoms with Crippen molar-refractivity contribution in [2.45, 2.75) is 19.8 Å². The monoisotopic (exact) mass is 298 g/mol. The number of hydrogen-bond donors (Lipinski definition) is 1. The molecule has 0 bridgehead atoms. The number of nitrogens with zero attached hydrogens (tertiary/aromatic N) is 1. The summed E-state index contributed by atoms with van der Waals surface area (Å²) in [5.41, 5.74) is 0.973. The van der Waals surface area contributed by atoms with Crippen molar-refractivity contribution in [3.8, 4) is 0 Å². The molecule has 1 aliphatic carbocycles. The van der Waals surface area contributed by atoms with Gasteiger partial charge >= 0.3 is 6.03 Å². The van der Waals surface area contributed by atoms with Crippen molar-refractivity contribution in [3.63, 3.8) is 0 Å². The molecule has 2 amide bonds. The van der Waals surface area contributed by atoms with Crippen molar-refractivity contribution in [1.82, 2.24) is 4.90 Å². The summed E-state index contributed by atoms with van der Waals surface area (Å²) < 4.78 is 0. The quantitative estimate of drug-likeness (QED) is 0.869. The molecule has 1 N–H and O–H groups in total. The van der Waals surface area contributed by atoms with Crippen LogP contribution in [0.1, 0.15) is 19.8 Å². The van der Waals surface area contributed by atoms with Crippen LogP contribution in [-0.4, -0.2) is 24.0 Å². The third-order valence-electron chi connectivity index (χ3n) is 4.49. The number of benzene rings is 1. The number of rotatable bonds is 2. The summed E-state index contributed by atoms with van der Waals surface area (Å²) in [5.74, 6) is 0.693. The van der Waals surface area contributed by atoms with Crippen LogP contribution in [0.25, 0.3) is 0 Å².